The molecule has 10 heteroatoms. The minimum Gasteiger partial charge on any atom is -0.352 e. The van der Waals surface area contributed by atoms with Crippen molar-refractivity contribution in [2.75, 3.05) is 38.1 Å². The molecule has 3 aromatic heterocycles. The van der Waals surface area contributed by atoms with Gasteiger partial charge in [-0.05, 0) is 12.1 Å². The smallest absolute Gasteiger partial charge is 0.225 e. The molecule has 152 valence electrons. The second-order valence-corrected chi connectivity index (χ2v) is 6.38. The summed E-state index contributed by atoms with van der Waals surface area (Å²) >= 11 is 0. The largest absolute Gasteiger partial charge is 0.352 e. The Hall–Kier alpha value is -2.76. The van der Waals surface area contributed by atoms with E-state index in [1.165, 1.54) is 0 Å². The lowest BCUT2D eigenvalue weighted by atomic mass is 10.2. The van der Waals surface area contributed by atoms with E-state index in [-0.39, 0.29) is 24.0 Å². The monoisotopic (exact) mass is 505 g/mol. The molecule has 0 aromatic carbocycles. The highest BCUT2D eigenvalue weighted by Crippen LogP contribution is 2.12. The molecule has 4 rings (SSSR count). The van der Waals surface area contributed by atoms with Gasteiger partial charge in [0.25, 0.3) is 0 Å². The molecule has 3 aromatic rings. The van der Waals surface area contributed by atoms with Crippen LogP contribution in [0.4, 0.5) is 5.95 Å². The van der Waals surface area contributed by atoms with Gasteiger partial charge < -0.3 is 15.1 Å². The van der Waals surface area contributed by atoms with Gasteiger partial charge in [0.2, 0.25) is 5.95 Å². The van der Waals surface area contributed by atoms with Crippen LogP contribution in [0.15, 0.2) is 60.5 Å². The van der Waals surface area contributed by atoms with Crippen molar-refractivity contribution in [1.82, 2.24) is 34.7 Å². The van der Waals surface area contributed by atoms with Crippen molar-refractivity contribution >= 4 is 35.9 Å². The maximum absolute atomic E-state index is 4.49. The Labute approximate surface area is 187 Å². The Morgan fingerprint density at radius 3 is 2.48 bits per heavy atom. The number of aliphatic imine (C=N–C) groups is 1. The maximum Gasteiger partial charge on any atom is 0.225 e. The lowest BCUT2D eigenvalue weighted by Crippen LogP contribution is -2.52. The number of imidazole rings is 1. The second-order valence-electron chi connectivity index (χ2n) is 6.38. The van der Waals surface area contributed by atoms with Crippen molar-refractivity contribution in [3.8, 4) is 5.82 Å². The summed E-state index contributed by atoms with van der Waals surface area (Å²) in [7, 11) is 1.81. The van der Waals surface area contributed by atoms with Crippen molar-refractivity contribution in [3.05, 3.63) is 61.1 Å². The van der Waals surface area contributed by atoms with Crippen LogP contribution in [0.1, 0.15) is 5.56 Å². The summed E-state index contributed by atoms with van der Waals surface area (Å²) in [5, 5.41) is 3.46. The minimum absolute atomic E-state index is 0. The van der Waals surface area contributed by atoms with Gasteiger partial charge in [0.05, 0.1) is 0 Å². The van der Waals surface area contributed by atoms with Crippen molar-refractivity contribution in [1.29, 1.82) is 0 Å². The van der Waals surface area contributed by atoms with Gasteiger partial charge in [-0.1, -0.05) is 6.07 Å². The Bertz CT molecular complexity index is 906. The molecule has 0 atom stereocenters. The van der Waals surface area contributed by atoms with Gasteiger partial charge in [0, 0.05) is 76.3 Å². The SMILES string of the molecule is CN=C(NCc1cccnc1-n1ccnc1)N1CCN(c2ncccn2)CC1.I. The maximum atomic E-state index is 4.49. The average Bonchev–Trinajstić information content (AvgIpc) is 3.30. The number of aromatic nitrogens is 5. The fraction of sp³-hybridized carbons (Fsp3) is 0.316. The molecule has 29 heavy (non-hydrogen) atoms. The number of halogens is 1. The normalized spacial score (nSPS) is 14.4. The molecule has 0 bridgehead atoms. The number of pyridine rings is 1. The van der Waals surface area contributed by atoms with E-state index in [2.05, 4.69) is 46.1 Å². The molecule has 1 saturated heterocycles. The first-order chi connectivity index (χ1) is 13.8. The van der Waals surface area contributed by atoms with Gasteiger partial charge in [-0.3, -0.25) is 9.56 Å². The summed E-state index contributed by atoms with van der Waals surface area (Å²) in [5.74, 6) is 2.54. The number of hydrogen-bond acceptors (Lipinski definition) is 6. The van der Waals surface area contributed by atoms with Crippen molar-refractivity contribution in [2.24, 2.45) is 4.99 Å². The molecule has 0 aliphatic carbocycles. The third-order valence-corrected chi connectivity index (χ3v) is 4.68. The predicted octanol–water partition coefficient (Wildman–Crippen LogP) is 1.57. The highest BCUT2D eigenvalue weighted by atomic mass is 127. The van der Waals surface area contributed by atoms with Gasteiger partial charge in [-0.2, -0.15) is 0 Å². The molecule has 1 fully saturated rings. The second kappa shape index (κ2) is 10.1. The topological polar surface area (TPSA) is 87.4 Å². The summed E-state index contributed by atoms with van der Waals surface area (Å²) in [5.41, 5.74) is 1.08. The first-order valence-electron chi connectivity index (χ1n) is 9.25. The number of nitrogens with zero attached hydrogens (tertiary/aromatic N) is 8. The number of guanidine groups is 1. The van der Waals surface area contributed by atoms with Crippen molar-refractivity contribution < 1.29 is 0 Å². The summed E-state index contributed by atoms with van der Waals surface area (Å²) in [6, 6.07) is 5.84. The quantitative estimate of drug-likeness (QED) is 0.327. The van der Waals surface area contributed by atoms with E-state index in [0.717, 1.165) is 49.5 Å². The van der Waals surface area contributed by atoms with E-state index in [4.69, 9.17) is 0 Å². The number of anilines is 1. The van der Waals surface area contributed by atoms with Gasteiger partial charge in [0.15, 0.2) is 5.96 Å². The highest BCUT2D eigenvalue weighted by Gasteiger charge is 2.21. The standard InChI is InChI=1S/C19H23N9.HI/c1-20-18(26-10-12-27(13-11-26)19-23-6-3-7-24-19)25-14-16-4-2-5-22-17(16)28-9-8-21-15-28;/h2-9,15H,10-14H2,1H3,(H,20,25);1H. The van der Waals surface area contributed by atoms with Gasteiger partial charge in [-0.15, -0.1) is 24.0 Å². The molecular formula is C19H24IN9. The molecule has 0 saturated carbocycles. The molecule has 1 aliphatic rings. The van der Waals surface area contributed by atoms with Crippen LogP contribution in [-0.2, 0) is 6.54 Å². The van der Waals surface area contributed by atoms with Gasteiger partial charge >= 0.3 is 0 Å². The van der Waals surface area contributed by atoms with Crippen LogP contribution in [-0.4, -0.2) is 68.6 Å². The lowest BCUT2D eigenvalue weighted by Gasteiger charge is -2.36. The zero-order valence-corrected chi connectivity index (χ0v) is 18.5. The molecule has 9 nitrogen and oxygen atoms in total. The Morgan fingerprint density at radius 2 is 1.79 bits per heavy atom. The van der Waals surface area contributed by atoms with E-state index < -0.39 is 0 Å². The van der Waals surface area contributed by atoms with Crippen molar-refractivity contribution in [2.45, 2.75) is 6.54 Å². The van der Waals surface area contributed by atoms with Crippen LogP contribution in [0.3, 0.4) is 0 Å². The minimum atomic E-state index is 0. The molecule has 1 aliphatic heterocycles. The molecule has 0 unspecified atom stereocenters. The number of hydrogen-bond donors (Lipinski definition) is 1. The van der Waals surface area contributed by atoms with E-state index in [0.29, 0.717) is 6.54 Å². The summed E-state index contributed by atoms with van der Waals surface area (Å²) in [6.45, 7) is 4.07. The Morgan fingerprint density at radius 1 is 1.03 bits per heavy atom. The van der Waals surface area contributed by atoms with E-state index in [1.807, 2.05) is 29.9 Å². The van der Waals surface area contributed by atoms with Crippen LogP contribution < -0.4 is 10.2 Å². The zero-order chi connectivity index (χ0) is 19.2. The van der Waals surface area contributed by atoms with E-state index in [9.17, 15) is 0 Å². The fourth-order valence-electron chi connectivity index (χ4n) is 3.26. The van der Waals surface area contributed by atoms with Crippen LogP contribution >= 0.6 is 24.0 Å². The first-order valence-corrected chi connectivity index (χ1v) is 9.25. The number of nitrogens with one attached hydrogen (secondary N) is 1. The predicted molar refractivity (Wildman–Crippen MR) is 123 cm³/mol. The molecule has 4 heterocycles. The summed E-state index contributed by atoms with van der Waals surface area (Å²) in [4.78, 5) is 26.2. The van der Waals surface area contributed by atoms with Gasteiger partial charge in [-0.25, -0.2) is 19.9 Å². The fourth-order valence-corrected chi connectivity index (χ4v) is 3.26. The highest BCUT2D eigenvalue weighted by molar-refractivity contribution is 14.0. The van der Waals surface area contributed by atoms with Gasteiger partial charge in [0.1, 0.15) is 12.1 Å². The average molecular weight is 505 g/mol. The van der Waals surface area contributed by atoms with Crippen LogP contribution in [0.2, 0.25) is 0 Å². The number of piperazine rings is 1. The molecule has 0 radical (unpaired) electrons. The van der Waals surface area contributed by atoms with E-state index in [1.54, 1.807) is 31.1 Å². The first kappa shape index (κ1) is 21.0. The van der Waals surface area contributed by atoms with Crippen LogP contribution in [0.25, 0.3) is 5.82 Å². The van der Waals surface area contributed by atoms with Crippen LogP contribution in [0, 0.1) is 0 Å². The van der Waals surface area contributed by atoms with Crippen molar-refractivity contribution in [3.63, 3.8) is 0 Å². The molecule has 0 amide bonds. The lowest BCUT2D eigenvalue weighted by molar-refractivity contribution is 0.370. The van der Waals surface area contributed by atoms with Crippen LogP contribution in [0.5, 0.6) is 0 Å². The summed E-state index contributed by atoms with van der Waals surface area (Å²) < 4.78 is 1.92. The zero-order valence-electron chi connectivity index (χ0n) is 16.2. The third kappa shape index (κ3) is 5.00. The molecular weight excluding hydrogens is 481 g/mol. The Kier molecular flexibility index (Phi) is 7.33. The summed E-state index contributed by atoms with van der Waals surface area (Å²) in [6.07, 6.45) is 10.7. The van der Waals surface area contributed by atoms with E-state index >= 15 is 0 Å². The third-order valence-electron chi connectivity index (χ3n) is 4.68. The number of rotatable bonds is 4. The Balaban J connectivity index is 0.00000240. The molecule has 0 spiro atoms. The molecule has 1 N–H and O–H groups in total.